The first-order valence-electron chi connectivity index (χ1n) is 6.08. The quantitative estimate of drug-likeness (QED) is 0.607. The molecule has 98 valence electrons. The van der Waals surface area contributed by atoms with Gasteiger partial charge in [0, 0.05) is 5.57 Å². The Kier molecular flexibility index (Phi) is 6.06. The summed E-state index contributed by atoms with van der Waals surface area (Å²) >= 11 is 1.83. The number of aliphatic hydroxyl groups is 1. The van der Waals surface area contributed by atoms with E-state index < -0.39 is 12.1 Å². The molecule has 0 saturated heterocycles. The molecule has 1 saturated carbocycles. The van der Waals surface area contributed by atoms with E-state index in [9.17, 15) is 9.90 Å². The van der Waals surface area contributed by atoms with E-state index in [0.29, 0.717) is 11.5 Å². The Balaban J connectivity index is 2.37. The average Bonchev–Trinajstić information content (AvgIpc) is 2.29. The van der Waals surface area contributed by atoms with E-state index >= 15 is 0 Å². The van der Waals surface area contributed by atoms with Crippen LogP contribution in [0.25, 0.3) is 0 Å². The summed E-state index contributed by atoms with van der Waals surface area (Å²) in [6.45, 7) is 5.17. The van der Waals surface area contributed by atoms with E-state index in [4.69, 9.17) is 4.74 Å². The van der Waals surface area contributed by atoms with Gasteiger partial charge in [-0.2, -0.15) is 11.8 Å². The Bertz CT molecular complexity index is 278. The number of carbonyl (C=O) groups is 1. The van der Waals surface area contributed by atoms with E-state index in [2.05, 4.69) is 12.8 Å². The lowest BCUT2D eigenvalue weighted by molar-refractivity contribution is -0.154. The number of ether oxygens (including phenoxy) is 1. The minimum Gasteiger partial charge on any atom is -0.456 e. The van der Waals surface area contributed by atoms with Crippen molar-refractivity contribution in [2.24, 2.45) is 5.92 Å². The van der Waals surface area contributed by atoms with Crippen LogP contribution in [0.2, 0.25) is 0 Å². The summed E-state index contributed by atoms with van der Waals surface area (Å²) in [7, 11) is 0. The molecule has 0 aliphatic heterocycles. The Labute approximate surface area is 108 Å². The van der Waals surface area contributed by atoms with Gasteiger partial charge in [0.05, 0.1) is 6.10 Å². The van der Waals surface area contributed by atoms with Gasteiger partial charge >= 0.3 is 5.97 Å². The maximum Gasteiger partial charge on any atom is 0.333 e. The van der Waals surface area contributed by atoms with E-state index in [-0.39, 0.29) is 6.10 Å². The van der Waals surface area contributed by atoms with Crippen LogP contribution in [-0.4, -0.2) is 35.3 Å². The zero-order valence-electron chi connectivity index (χ0n) is 10.6. The van der Waals surface area contributed by atoms with Gasteiger partial charge in [-0.05, 0) is 50.5 Å². The molecule has 4 heteroatoms. The summed E-state index contributed by atoms with van der Waals surface area (Å²) in [4.78, 5) is 11.4. The first kappa shape index (κ1) is 14.6. The summed E-state index contributed by atoms with van der Waals surface area (Å²) in [6.07, 6.45) is 4.92. The molecular weight excluding hydrogens is 236 g/mol. The lowest BCUT2D eigenvalue weighted by Crippen LogP contribution is -2.37. The number of aliphatic hydroxyl groups excluding tert-OH is 1. The van der Waals surface area contributed by atoms with Gasteiger partial charge in [0.25, 0.3) is 0 Å². The molecule has 0 radical (unpaired) electrons. The van der Waals surface area contributed by atoms with E-state index in [1.807, 2.05) is 11.8 Å². The van der Waals surface area contributed by atoms with Gasteiger partial charge in [-0.1, -0.05) is 6.58 Å². The van der Waals surface area contributed by atoms with Gasteiger partial charge in [0.2, 0.25) is 0 Å². The van der Waals surface area contributed by atoms with Gasteiger partial charge in [-0.3, -0.25) is 0 Å². The second-order valence-corrected chi connectivity index (χ2v) is 5.74. The molecule has 1 aliphatic carbocycles. The lowest BCUT2D eigenvalue weighted by Gasteiger charge is -2.32. The summed E-state index contributed by atoms with van der Waals surface area (Å²) in [5, 5.41) is 9.96. The van der Waals surface area contributed by atoms with Crippen molar-refractivity contribution in [3.05, 3.63) is 12.2 Å². The molecule has 0 aromatic rings. The van der Waals surface area contributed by atoms with Crippen LogP contribution in [0.3, 0.4) is 0 Å². The van der Waals surface area contributed by atoms with Crippen LogP contribution in [0.1, 0.15) is 32.6 Å². The Morgan fingerprint density at radius 1 is 1.53 bits per heavy atom. The third kappa shape index (κ3) is 4.72. The van der Waals surface area contributed by atoms with Crippen LogP contribution in [0, 0.1) is 5.92 Å². The predicted molar refractivity (Wildman–Crippen MR) is 71.0 cm³/mol. The number of hydrogen-bond acceptors (Lipinski definition) is 4. The maximum atomic E-state index is 11.4. The van der Waals surface area contributed by atoms with Crippen LogP contribution in [-0.2, 0) is 9.53 Å². The highest BCUT2D eigenvalue weighted by molar-refractivity contribution is 7.98. The molecule has 0 aromatic heterocycles. The fraction of sp³-hybridized carbons (Fsp3) is 0.769. The van der Waals surface area contributed by atoms with Gasteiger partial charge in [-0.25, -0.2) is 4.79 Å². The molecule has 1 fully saturated rings. The SMILES string of the molecule is C=C(C)C(=O)OC1CCC(CCSC)CC1O. The average molecular weight is 258 g/mol. The fourth-order valence-electron chi connectivity index (χ4n) is 2.13. The third-order valence-electron chi connectivity index (χ3n) is 3.20. The molecule has 0 amide bonds. The van der Waals surface area contributed by atoms with E-state index in [1.54, 1.807) is 6.92 Å². The fourth-order valence-corrected chi connectivity index (χ4v) is 2.69. The van der Waals surface area contributed by atoms with E-state index in [1.165, 1.54) is 0 Å². The van der Waals surface area contributed by atoms with Crippen molar-refractivity contribution in [3.63, 3.8) is 0 Å². The zero-order valence-corrected chi connectivity index (χ0v) is 11.5. The second kappa shape index (κ2) is 7.07. The van der Waals surface area contributed by atoms with Crippen LogP contribution in [0.4, 0.5) is 0 Å². The van der Waals surface area contributed by atoms with Gasteiger partial charge in [0.1, 0.15) is 6.10 Å². The Morgan fingerprint density at radius 2 is 2.24 bits per heavy atom. The molecule has 0 spiro atoms. The summed E-state index contributed by atoms with van der Waals surface area (Å²) < 4.78 is 5.22. The summed E-state index contributed by atoms with van der Waals surface area (Å²) in [5.41, 5.74) is 0.390. The third-order valence-corrected chi connectivity index (χ3v) is 3.84. The number of rotatable bonds is 5. The second-order valence-electron chi connectivity index (χ2n) is 4.75. The number of esters is 1. The first-order valence-corrected chi connectivity index (χ1v) is 7.47. The van der Waals surface area contributed by atoms with Gasteiger partial charge in [-0.15, -0.1) is 0 Å². The molecule has 1 rings (SSSR count). The van der Waals surface area contributed by atoms with Crippen molar-refractivity contribution >= 4 is 17.7 Å². The summed E-state index contributed by atoms with van der Waals surface area (Å²) in [6, 6.07) is 0. The molecule has 0 heterocycles. The largest absolute Gasteiger partial charge is 0.456 e. The van der Waals surface area contributed by atoms with Crippen LogP contribution >= 0.6 is 11.8 Å². The Morgan fingerprint density at radius 3 is 2.76 bits per heavy atom. The standard InChI is InChI=1S/C13H22O3S/c1-9(2)13(15)16-12-5-4-10(6-7-17-3)8-11(12)14/h10-12,14H,1,4-8H2,2-3H3. The molecule has 1 N–H and O–H groups in total. The number of carbonyl (C=O) groups excluding carboxylic acids is 1. The van der Waals surface area contributed by atoms with Crippen molar-refractivity contribution in [3.8, 4) is 0 Å². The predicted octanol–water partition coefficient (Wildman–Crippen LogP) is 2.39. The van der Waals surface area contributed by atoms with Gasteiger partial charge < -0.3 is 9.84 Å². The highest BCUT2D eigenvalue weighted by Crippen LogP contribution is 2.30. The van der Waals surface area contributed by atoms with Crippen LogP contribution in [0.15, 0.2) is 12.2 Å². The number of hydrogen-bond donors (Lipinski definition) is 1. The van der Waals surface area contributed by atoms with Crippen molar-refractivity contribution in [2.75, 3.05) is 12.0 Å². The zero-order chi connectivity index (χ0) is 12.8. The maximum absolute atomic E-state index is 11.4. The first-order chi connectivity index (χ1) is 8.04. The van der Waals surface area contributed by atoms with Crippen LogP contribution < -0.4 is 0 Å². The molecular formula is C13H22O3S. The van der Waals surface area contributed by atoms with Gasteiger partial charge in [0.15, 0.2) is 0 Å². The topological polar surface area (TPSA) is 46.5 Å². The normalized spacial score (nSPS) is 28.8. The Hall–Kier alpha value is -0.480. The minimum atomic E-state index is -0.515. The smallest absolute Gasteiger partial charge is 0.333 e. The molecule has 0 bridgehead atoms. The molecule has 3 atom stereocenters. The molecule has 3 unspecified atom stereocenters. The van der Waals surface area contributed by atoms with E-state index in [0.717, 1.165) is 31.4 Å². The van der Waals surface area contributed by atoms with Crippen molar-refractivity contribution in [1.82, 2.24) is 0 Å². The van der Waals surface area contributed by atoms with Crippen molar-refractivity contribution in [2.45, 2.75) is 44.8 Å². The summed E-state index contributed by atoms with van der Waals surface area (Å²) in [5.74, 6) is 1.31. The van der Waals surface area contributed by atoms with Crippen molar-refractivity contribution in [1.29, 1.82) is 0 Å². The minimum absolute atomic E-state index is 0.343. The van der Waals surface area contributed by atoms with Crippen molar-refractivity contribution < 1.29 is 14.6 Å². The molecule has 3 nitrogen and oxygen atoms in total. The monoisotopic (exact) mass is 258 g/mol. The number of thioether (sulfide) groups is 1. The highest BCUT2D eigenvalue weighted by atomic mass is 32.2. The molecule has 0 aromatic carbocycles. The van der Waals surface area contributed by atoms with Crippen LogP contribution in [0.5, 0.6) is 0 Å². The molecule has 17 heavy (non-hydrogen) atoms. The molecule has 1 aliphatic rings. The lowest BCUT2D eigenvalue weighted by atomic mass is 9.84. The highest BCUT2D eigenvalue weighted by Gasteiger charge is 2.31.